The number of thiophene rings is 1. The number of aryl methyl sites for hydroxylation is 1. The van der Waals surface area contributed by atoms with Gasteiger partial charge in [0, 0.05) is 47.2 Å². The quantitative estimate of drug-likeness (QED) is 0.255. The molecule has 1 fully saturated rings. The standard InChI is InChI=1S/C30H32N4O3S/c1-19(2)28(30(36)33-27-18-38-17-20(27)3)26-15-23-14-22(6-9-25(23)32-26)29(35)31-24-7-4-21(5-8-24)16-34-10-12-37-13-11-34/h4-9,14-15,17-18,32H,10-13,16H2,1-3H3,(H,31,35)(H,33,36). The minimum atomic E-state index is -0.177. The number of H-pyrrole nitrogens is 1. The zero-order valence-corrected chi connectivity index (χ0v) is 22.7. The molecule has 1 aliphatic rings. The number of anilines is 2. The van der Waals surface area contributed by atoms with Crippen LogP contribution in [-0.2, 0) is 16.1 Å². The van der Waals surface area contributed by atoms with Gasteiger partial charge in [0.2, 0.25) is 0 Å². The van der Waals surface area contributed by atoms with Gasteiger partial charge in [-0.3, -0.25) is 14.5 Å². The fraction of sp³-hybridized carbons (Fsp3) is 0.267. The fourth-order valence-corrected chi connectivity index (χ4v) is 5.39. The number of amides is 2. The summed E-state index contributed by atoms with van der Waals surface area (Å²) in [5, 5.41) is 10.8. The van der Waals surface area contributed by atoms with Crippen molar-refractivity contribution in [3.63, 3.8) is 0 Å². The normalized spacial score (nSPS) is 13.9. The molecule has 1 saturated heterocycles. The molecule has 0 unspecified atom stereocenters. The maximum atomic E-state index is 13.1. The van der Waals surface area contributed by atoms with Gasteiger partial charge in [0.05, 0.1) is 30.2 Å². The molecule has 0 spiro atoms. The van der Waals surface area contributed by atoms with Crippen LogP contribution >= 0.6 is 11.3 Å². The Balaban J connectivity index is 1.29. The van der Waals surface area contributed by atoms with Crippen LogP contribution in [0.3, 0.4) is 0 Å². The number of hydrogen-bond acceptors (Lipinski definition) is 5. The molecule has 3 heterocycles. The van der Waals surface area contributed by atoms with Crippen molar-refractivity contribution in [1.29, 1.82) is 0 Å². The lowest BCUT2D eigenvalue weighted by Gasteiger charge is -2.26. The van der Waals surface area contributed by atoms with Gasteiger partial charge in [-0.15, -0.1) is 11.3 Å². The van der Waals surface area contributed by atoms with E-state index in [1.165, 1.54) is 5.56 Å². The van der Waals surface area contributed by atoms with E-state index >= 15 is 0 Å². The molecule has 38 heavy (non-hydrogen) atoms. The first-order valence-electron chi connectivity index (χ1n) is 12.7. The Morgan fingerprint density at radius 2 is 1.76 bits per heavy atom. The third kappa shape index (κ3) is 5.88. The number of carbonyl (C=O) groups is 2. The van der Waals surface area contributed by atoms with Crippen molar-refractivity contribution in [2.45, 2.75) is 27.3 Å². The van der Waals surface area contributed by atoms with E-state index in [2.05, 4.69) is 32.7 Å². The summed E-state index contributed by atoms with van der Waals surface area (Å²) in [5.74, 6) is -0.336. The van der Waals surface area contributed by atoms with Gasteiger partial charge in [-0.2, -0.15) is 0 Å². The van der Waals surface area contributed by atoms with Crippen LogP contribution < -0.4 is 10.6 Å². The highest BCUT2D eigenvalue weighted by Crippen LogP contribution is 2.27. The molecule has 2 aromatic carbocycles. The van der Waals surface area contributed by atoms with Gasteiger partial charge in [-0.05, 0) is 73.7 Å². The van der Waals surface area contributed by atoms with E-state index in [-0.39, 0.29) is 11.8 Å². The lowest BCUT2D eigenvalue weighted by atomic mass is 10.1. The molecule has 2 aromatic heterocycles. The Bertz CT molecular complexity index is 1490. The molecule has 0 atom stereocenters. The lowest BCUT2D eigenvalue weighted by Crippen LogP contribution is -2.35. The predicted molar refractivity (Wildman–Crippen MR) is 155 cm³/mol. The number of benzene rings is 2. The van der Waals surface area contributed by atoms with Gasteiger partial charge in [-0.1, -0.05) is 17.7 Å². The smallest absolute Gasteiger partial charge is 0.257 e. The second-order valence-electron chi connectivity index (χ2n) is 9.82. The molecule has 2 amide bonds. The van der Waals surface area contributed by atoms with Crippen LogP contribution in [0, 0.1) is 6.92 Å². The lowest BCUT2D eigenvalue weighted by molar-refractivity contribution is -0.111. The molecule has 1 aliphatic heterocycles. The van der Waals surface area contributed by atoms with Crippen molar-refractivity contribution in [3.05, 3.63) is 87.2 Å². The predicted octanol–water partition coefficient (Wildman–Crippen LogP) is 6.05. The van der Waals surface area contributed by atoms with E-state index in [1.54, 1.807) is 17.4 Å². The SMILES string of the molecule is CC(C)=C(C(=O)Nc1cscc1C)c1cc2cc(C(=O)Nc3ccc(CN4CCOCC4)cc3)ccc2[nH]1. The first-order chi connectivity index (χ1) is 18.4. The van der Waals surface area contributed by atoms with Crippen molar-refractivity contribution in [1.82, 2.24) is 9.88 Å². The molecule has 4 aromatic rings. The van der Waals surface area contributed by atoms with Crippen molar-refractivity contribution < 1.29 is 14.3 Å². The maximum Gasteiger partial charge on any atom is 0.257 e. The van der Waals surface area contributed by atoms with Gasteiger partial charge in [-0.25, -0.2) is 0 Å². The number of aromatic nitrogens is 1. The van der Waals surface area contributed by atoms with E-state index in [0.29, 0.717) is 11.1 Å². The summed E-state index contributed by atoms with van der Waals surface area (Å²) in [5.41, 5.74) is 7.45. The van der Waals surface area contributed by atoms with E-state index in [1.807, 2.05) is 61.9 Å². The molecule has 196 valence electrons. The van der Waals surface area contributed by atoms with Crippen molar-refractivity contribution in [2.75, 3.05) is 36.9 Å². The number of carbonyl (C=O) groups excluding carboxylic acids is 2. The van der Waals surface area contributed by atoms with Crippen LogP contribution in [0.5, 0.6) is 0 Å². The summed E-state index contributed by atoms with van der Waals surface area (Å²) in [4.78, 5) is 31.9. The molecular weight excluding hydrogens is 496 g/mol. The van der Waals surface area contributed by atoms with Crippen molar-refractivity contribution >= 4 is 51.0 Å². The first-order valence-corrected chi connectivity index (χ1v) is 13.7. The summed E-state index contributed by atoms with van der Waals surface area (Å²) in [6.45, 7) is 10.1. The van der Waals surface area contributed by atoms with E-state index in [4.69, 9.17) is 4.74 Å². The third-order valence-electron chi connectivity index (χ3n) is 6.70. The van der Waals surface area contributed by atoms with Gasteiger partial charge < -0.3 is 20.4 Å². The number of aromatic amines is 1. The first kappa shape index (κ1) is 25.9. The maximum absolute atomic E-state index is 13.1. The number of rotatable bonds is 7. The zero-order chi connectivity index (χ0) is 26.6. The number of hydrogen-bond donors (Lipinski definition) is 3. The average Bonchev–Trinajstić information content (AvgIpc) is 3.50. The Kier molecular flexibility index (Phi) is 7.74. The van der Waals surface area contributed by atoms with Crippen LogP contribution in [0.1, 0.15) is 41.0 Å². The summed E-state index contributed by atoms with van der Waals surface area (Å²) in [7, 11) is 0. The number of morpholine rings is 1. The van der Waals surface area contributed by atoms with Crippen LogP contribution in [-0.4, -0.2) is 48.0 Å². The van der Waals surface area contributed by atoms with Gasteiger partial charge in [0.15, 0.2) is 0 Å². The fourth-order valence-electron chi connectivity index (χ4n) is 4.61. The van der Waals surface area contributed by atoms with E-state index in [9.17, 15) is 9.59 Å². The second kappa shape index (κ2) is 11.3. The largest absolute Gasteiger partial charge is 0.379 e. The third-order valence-corrected chi connectivity index (χ3v) is 7.57. The average molecular weight is 529 g/mol. The van der Waals surface area contributed by atoms with E-state index in [0.717, 1.165) is 72.0 Å². The summed E-state index contributed by atoms with van der Waals surface area (Å²) >= 11 is 1.56. The Morgan fingerprint density at radius 1 is 1.00 bits per heavy atom. The number of nitrogens with one attached hydrogen (secondary N) is 3. The van der Waals surface area contributed by atoms with Crippen LogP contribution in [0.2, 0.25) is 0 Å². The highest BCUT2D eigenvalue weighted by atomic mass is 32.1. The zero-order valence-electron chi connectivity index (χ0n) is 21.9. The van der Waals surface area contributed by atoms with Gasteiger partial charge in [0.1, 0.15) is 0 Å². The Morgan fingerprint density at radius 3 is 2.45 bits per heavy atom. The second-order valence-corrected chi connectivity index (χ2v) is 10.6. The molecule has 0 bridgehead atoms. The molecule has 7 nitrogen and oxygen atoms in total. The van der Waals surface area contributed by atoms with Gasteiger partial charge in [0.25, 0.3) is 11.8 Å². The highest BCUT2D eigenvalue weighted by Gasteiger charge is 2.18. The van der Waals surface area contributed by atoms with E-state index < -0.39 is 0 Å². The molecular formula is C30H32N4O3S. The Hall–Kier alpha value is -3.72. The molecule has 8 heteroatoms. The molecule has 5 rings (SSSR count). The number of nitrogens with zero attached hydrogens (tertiary/aromatic N) is 1. The summed E-state index contributed by atoms with van der Waals surface area (Å²) in [6, 6.07) is 15.4. The molecule has 0 saturated carbocycles. The molecule has 3 N–H and O–H groups in total. The van der Waals surface area contributed by atoms with Crippen molar-refractivity contribution in [2.24, 2.45) is 0 Å². The van der Waals surface area contributed by atoms with Crippen molar-refractivity contribution in [3.8, 4) is 0 Å². The van der Waals surface area contributed by atoms with Crippen LogP contribution in [0.15, 0.2) is 64.9 Å². The van der Waals surface area contributed by atoms with Gasteiger partial charge >= 0.3 is 0 Å². The summed E-state index contributed by atoms with van der Waals surface area (Å²) < 4.78 is 5.41. The highest BCUT2D eigenvalue weighted by molar-refractivity contribution is 7.08. The number of ether oxygens (including phenoxy) is 1. The minimum absolute atomic E-state index is 0.159. The molecule has 0 aliphatic carbocycles. The molecule has 0 radical (unpaired) electrons. The summed E-state index contributed by atoms with van der Waals surface area (Å²) in [6.07, 6.45) is 0. The Labute approximate surface area is 226 Å². The number of allylic oxidation sites excluding steroid dienone is 1. The van der Waals surface area contributed by atoms with Crippen LogP contribution in [0.4, 0.5) is 11.4 Å². The monoisotopic (exact) mass is 528 g/mol. The number of fused-ring (bicyclic) bond motifs is 1. The minimum Gasteiger partial charge on any atom is -0.379 e. The van der Waals surface area contributed by atoms with Crippen LogP contribution in [0.25, 0.3) is 16.5 Å². The topological polar surface area (TPSA) is 86.5 Å².